The van der Waals surface area contributed by atoms with Crippen molar-refractivity contribution in [2.45, 2.75) is 52.2 Å². The summed E-state index contributed by atoms with van der Waals surface area (Å²) in [7, 11) is 0. The first-order chi connectivity index (χ1) is 8.23. The maximum Gasteiger partial charge on any atom is 0.0908 e. The molecule has 3 atom stereocenters. The number of hydrogen-bond acceptors (Lipinski definition) is 3. The molecule has 0 aromatic rings. The molecule has 3 nitrogen and oxygen atoms in total. The summed E-state index contributed by atoms with van der Waals surface area (Å²) in [5, 5.41) is 29.6. The van der Waals surface area contributed by atoms with Crippen LogP contribution in [0.5, 0.6) is 0 Å². The second kappa shape index (κ2) is 5.55. The van der Waals surface area contributed by atoms with Crippen LogP contribution < -0.4 is 0 Å². The summed E-state index contributed by atoms with van der Waals surface area (Å²) < 4.78 is 0. The van der Waals surface area contributed by atoms with Crippen LogP contribution in [-0.4, -0.2) is 33.6 Å². The van der Waals surface area contributed by atoms with E-state index >= 15 is 0 Å². The Morgan fingerprint density at radius 2 is 2.00 bits per heavy atom. The van der Waals surface area contributed by atoms with Gasteiger partial charge in [0.25, 0.3) is 0 Å². The molecule has 0 aromatic carbocycles. The van der Waals surface area contributed by atoms with Gasteiger partial charge in [-0.25, -0.2) is 0 Å². The van der Waals surface area contributed by atoms with E-state index in [1.54, 1.807) is 6.08 Å². The molecule has 0 bridgehead atoms. The molecule has 1 aliphatic carbocycles. The Morgan fingerprint density at radius 3 is 2.50 bits per heavy atom. The van der Waals surface area contributed by atoms with Gasteiger partial charge >= 0.3 is 0 Å². The van der Waals surface area contributed by atoms with Crippen molar-refractivity contribution >= 4 is 0 Å². The minimum absolute atomic E-state index is 0.00621. The highest BCUT2D eigenvalue weighted by atomic mass is 16.3. The van der Waals surface area contributed by atoms with Gasteiger partial charge in [-0.05, 0) is 31.1 Å². The van der Waals surface area contributed by atoms with E-state index in [4.69, 9.17) is 5.11 Å². The summed E-state index contributed by atoms with van der Waals surface area (Å²) in [6.45, 7) is 7.85. The monoisotopic (exact) mass is 254 g/mol. The summed E-state index contributed by atoms with van der Waals surface area (Å²) >= 11 is 0. The van der Waals surface area contributed by atoms with E-state index in [1.165, 1.54) is 0 Å². The van der Waals surface area contributed by atoms with E-state index in [0.29, 0.717) is 12.8 Å². The summed E-state index contributed by atoms with van der Waals surface area (Å²) in [6, 6.07) is 0. The lowest BCUT2D eigenvalue weighted by Gasteiger charge is -2.50. The van der Waals surface area contributed by atoms with Crippen LogP contribution in [-0.2, 0) is 0 Å². The molecule has 0 radical (unpaired) electrons. The number of hydrogen-bond donors (Lipinski definition) is 3. The van der Waals surface area contributed by atoms with Gasteiger partial charge in [-0.15, -0.1) is 0 Å². The third kappa shape index (κ3) is 3.02. The van der Waals surface area contributed by atoms with Gasteiger partial charge < -0.3 is 15.3 Å². The fourth-order valence-corrected chi connectivity index (χ4v) is 2.95. The molecule has 0 heterocycles. The highest BCUT2D eigenvalue weighted by Crippen LogP contribution is 2.48. The van der Waals surface area contributed by atoms with Crippen LogP contribution >= 0.6 is 0 Å². The smallest absolute Gasteiger partial charge is 0.0908 e. The van der Waals surface area contributed by atoms with Crippen LogP contribution in [0.15, 0.2) is 23.8 Å². The molecule has 3 N–H and O–H groups in total. The largest absolute Gasteiger partial charge is 0.393 e. The molecule has 18 heavy (non-hydrogen) atoms. The average Bonchev–Trinajstić information content (AvgIpc) is 2.23. The van der Waals surface area contributed by atoms with E-state index in [9.17, 15) is 10.2 Å². The molecular weight excluding hydrogens is 228 g/mol. The molecule has 1 rings (SSSR count). The van der Waals surface area contributed by atoms with Crippen LogP contribution in [0.1, 0.15) is 40.5 Å². The molecule has 1 aliphatic rings. The van der Waals surface area contributed by atoms with Crippen molar-refractivity contribution in [3.8, 4) is 0 Å². The Morgan fingerprint density at radius 1 is 1.39 bits per heavy atom. The van der Waals surface area contributed by atoms with Crippen LogP contribution in [0, 0.1) is 11.3 Å². The molecule has 3 heteroatoms. The average molecular weight is 254 g/mol. The zero-order chi connectivity index (χ0) is 14.0. The Bertz CT molecular complexity index is 344. The van der Waals surface area contributed by atoms with Gasteiger partial charge in [-0.1, -0.05) is 44.6 Å². The Labute approximate surface area is 110 Å². The van der Waals surface area contributed by atoms with Crippen LogP contribution in [0.4, 0.5) is 0 Å². The highest BCUT2D eigenvalue weighted by molar-refractivity contribution is 5.23. The number of aliphatic hydroxyl groups excluding tert-OH is 2. The zero-order valence-corrected chi connectivity index (χ0v) is 11.8. The van der Waals surface area contributed by atoms with Crippen molar-refractivity contribution < 1.29 is 15.3 Å². The molecule has 0 spiro atoms. The summed E-state index contributed by atoms with van der Waals surface area (Å²) in [6.07, 6.45) is 6.26. The van der Waals surface area contributed by atoms with Crippen LogP contribution in [0.25, 0.3) is 0 Å². The maximum absolute atomic E-state index is 10.9. The van der Waals surface area contributed by atoms with Crippen molar-refractivity contribution in [2.24, 2.45) is 11.3 Å². The summed E-state index contributed by atoms with van der Waals surface area (Å²) in [5.41, 5.74) is -0.350. The third-order valence-electron chi connectivity index (χ3n) is 4.22. The lowest BCUT2D eigenvalue weighted by molar-refractivity contribution is -0.127. The fourth-order valence-electron chi connectivity index (χ4n) is 2.95. The predicted octanol–water partition coefficient (Wildman–Crippen LogP) is 2.03. The maximum atomic E-state index is 10.9. The van der Waals surface area contributed by atoms with E-state index in [1.807, 2.05) is 39.8 Å². The van der Waals surface area contributed by atoms with Crippen molar-refractivity contribution in [3.05, 3.63) is 23.8 Å². The highest BCUT2D eigenvalue weighted by Gasteiger charge is 2.50. The Hall–Kier alpha value is -0.640. The van der Waals surface area contributed by atoms with E-state index in [0.717, 1.165) is 5.57 Å². The summed E-state index contributed by atoms with van der Waals surface area (Å²) in [4.78, 5) is 0. The van der Waals surface area contributed by atoms with E-state index in [2.05, 4.69) is 0 Å². The number of rotatable bonds is 3. The normalized spacial score (nSPS) is 37.2. The quantitative estimate of drug-likeness (QED) is 0.675. The molecule has 104 valence electrons. The summed E-state index contributed by atoms with van der Waals surface area (Å²) in [5.74, 6) is 0.00873. The van der Waals surface area contributed by atoms with Crippen LogP contribution in [0.2, 0.25) is 0 Å². The van der Waals surface area contributed by atoms with Gasteiger partial charge in [-0.2, -0.15) is 0 Å². The lowest BCUT2D eigenvalue weighted by atomic mass is 9.60. The third-order valence-corrected chi connectivity index (χ3v) is 4.22. The predicted molar refractivity (Wildman–Crippen MR) is 73.1 cm³/mol. The SMILES string of the molecule is CC(C=C[C@]1(O)[C@H](C)C[C@@H](O)CC1(C)C)=CCO. The fraction of sp³-hybridized carbons (Fsp3) is 0.733. The minimum atomic E-state index is -0.920. The molecule has 0 amide bonds. The Balaban J connectivity index is 2.98. The van der Waals surface area contributed by atoms with Gasteiger partial charge in [0.05, 0.1) is 18.3 Å². The molecule has 0 unspecified atom stereocenters. The minimum Gasteiger partial charge on any atom is -0.393 e. The second-order valence-corrected chi connectivity index (χ2v) is 6.17. The van der Waals surface area contributed by atoms with Gasteiger partial charge in [0.1, 0.15) is 0 Å². The first-order valence-corrected chi connectivity index (χ1v) is 6.60. The molecule has 1 fully saturated rings. The first-order valence-electron chi connectivity index (χ1n) is 6.60. The molecule has 0 aliphatic heterocycles. The van der Waals surface area contributed by atoms with Gasteiger partial charge in [0.2, 0.25) is 0 Å². The van der Waals surface area contributed by atoms with E-state index in [-0.39, 0.29) is 24.0 Å². The van der Waals surface area contributed by atoms with Crippen molar-refractivity contribution in [2.75, 3.05) is 6.61 Å². The molecule has 0 aromatic heterocycles. The van der Waals surface area contributed by atoms with Gasteiger partial charge in [0, 0.05) is 0 Å². The van der Waals surface area contributed by atoms with Crippen LogP contribution in [0.3, 0.4) is 0 Å². The lowest BCUT2D eigenvalue weighted by Crippen LogP contribution is -2.54. The van der Waals surface area contributed by atoms with Gasteiger partial charge in [-0.3, -0.25) is 0 Å². The molecule has 1 saturated carbocycles. The topological polar surface area (TPSA) is 60.7 Å². The number of allylic oxidation sites excluding steroid dienone is 2. The number of aliphatic hydroxyl groups is 3. The second-order valence-electron chi connectivity index (χ2n) is 6.17. The standard InChI is InChI=1S/C15H26O3/c1-11(6-8-16)5-7-15(18)12(2)9-13(17)10-14(15,3)4/h5-7,12-13,16-18H,8-10H2,1-4H3/t12-,13-,15+/m1/s1. The van der Waals surface area contributed by atoms with Crippen molar-refractivity contribution in [1.82, 2.24) is 0 Å². The van der Waals surface area contributed by atoms with Gasteiger partial charge in [0.15, 0.2) is 0 Å². The van der Waals surface area contributed by atoms with E-state index < -0.39 is 5.60 Å². The van der Waals surface area contributed by atoms with Crippen molar-refractivity contribution in [1.29, 1.82) is 0 Å². The molecular formula is C15H26O3. The first kappa shape index (κ1) is 15.4. The van der Waals surface area contributed by atoms with Crippen molar-refractivity contribution in [3.63, 3.8) is 0 Å². The Kier molecular flexibility index (Phi) is 4.76. The zero-order valence-electron chi connectivity index (χ0n) is 11.8. The molecule has 0 saturated heterocycles.